The maximum Gasteiger partial charge on any atom is 0.337 e. The molecule has 1 heterocycles. The highest BCUT2D eigenvalue weighted by molar-refractivity contribution is 5.94. The monoisotopic (exact) mass is 390 g/mol. The van der Waals surface area contributed by atoms with E-state index in [1.807, 2.05) is 0 Å². The fourth-order valence-electron chi connectivity index (χ4n) is 2.38. The summed E-state index contributed by atoms with van der Waals surface area (Å²) in [6, 6.07) is 4.68. The molecule has 0 aromatic heterocycles. The van der Waals surface area contributed by atoms with Gasteiger partial charge in [0.1, 0.15) is 6.61 Å². The topological polar surface area (TPSA) is 112 Å². The Labute approximate surface area is 162 Å². The lowest BCUT2D eigenvalue weighted by Crippen LogP contribution is -2.45. The van der Waals surface area contributed by atoms with Gasteiger partial charge < -0.3 is 29.6 Å². The van der Waals surface area contributed by atoms with E-state index in [1.165, 1.54) is 20.3 Å². The van der Waals surface area contributed by atoms with Crippen LogP contribution in [-0.4, -0.2) is 51.9 Å². The number of carbonyl (C=O) groups is 3. The Hall–Kier alpha value is -3.49. The summed E-state index contributed by atoms with van der Waals surface area (Å²) in [6.07, 6.45) is 2.78. The summed E-state index contributed by atoms with van der Waals surface area (Å²) in [5.74, 6) is -0.123. The number of ether oxygens (including phenoxy) is 4. The average Bonchev–Trinajstić information content (AvgIpc) is 2.70. The molecule has 0 radical (unpaired) electrons. The van der Waals surface area contributed by atoms with E-state index in [0.29, 0.717) is 17.1 Å². The second-order valence-electron chi connectivity index (χ2n) is 5.54. The zero-order valence-corrected chi connectivity index (χ0v) is 15.9. The lowest BCUT2D eigenvalue weighted by atomic mass is 10.1. The minimum atomic E-state index is -0.640. The van der Waals surface area contributed by atoms with Crippen LogP contribution < -0.4 is 20.1 Å². The fraction of sp³-hybridized carbons (Fsp3) is 0.316. The maximum absolute atomic E-state index is 12.0. The van der Waals surface area contributed by atoms with E-state index in [2.05, 4.69) is 10.6 Å². The molecule has 1 aliphatic rings. The van der Waals surface area contributed by atoms with Crippen LogP contribution in [0.5, 0.6) is 11.5 Å². The molecule has 0 spiro atoms. The Bertz CT molecular complexity index is 815. The van der Waals surface area contributed by atoms with Crippen molar-refractivity contribution in [2.45, 2.75) is 6.92 Å². The van der Waals surface area contributed by atoms with Crippen LogP contribution in [0.15, 0.2) is 35.5 Å². The third-order valence-electron chi connectivity index (χ3n) is 3.75. The highest BCUT2D eigenvalue weighted by Gasteiger charge is 2.24. The molecule has 0 saturated carbocycles. The first kappa shape index (κ1) is 20.8. The molecule has 0 unspecified atom stereocenters. The fourth-order valence-corrected chi connectivity index (χ4v) is 2.38. The van der Waals surface area contributed by atoms with E-state index >= 15 is 0 Å². The van der Waals surface area contributed by atoms with Gasteiger partial charge in [0, 0.05) is 6.08 Å². The van der Waals surface area contributed by atoms with Crippen LogP contribution in [-0.2, 0) is 19.1 Å². The minimum absolute atomic E-state index is 0.000960. The number of carbonyl (C=O) groups excluding carboxylic acids is 3. The lowest BCUT2D eigenvalue weighted by molar-refractivity contribution is -0.140. The van der Waals surface area contributed by atoms with Crippen molar-refractivity contribution in [3.05, 3.63) is 41.1 Å². The van der Waals surface area contributed by atoms with Crippen LogP contribution in [0.4, 0.5) is 4.79 Å². The predicted molar refractivity (Wildman–Crippen MR) is 99.7 cm³/mol. The molecule has 0 saturated heterocycles. The van der Waals surface area contributed by atoms with Crippen molar-refractivity contribution in [2.75, 3.05) is 34.0 Å². The van der Waals surface area contributed by atoms with Gasteiger partial charge in [-0.2, -0.15) is 0 Å². The molecule has 2 N–H and O–H groups in total. The van der Waals surface area contributed by atoms with E-state index in [0.717, 1.165) is 0 Å². The second kappa shape index (κ2) is 10.0. The van der Waals surface area contributed by atoms with E-state index in [1.54, 1.807) is 31.2 Å². The molecular formula is C19H22N2O7. The molecule has 150 valence electrons. The maximum atomic E-state index is 12.0. The molecule has 1 aliphatic heterocycles. The first-order valence-corrected chi connectivity index (χ1v) is 8.49. The van der Waals surface area contributed by atoms with E-state index in [4.69, 9.17) is 18.9 Å². The zero-order chi connectivity index (χ0) is 20.5. The van der Waals surface area contributed by atoms with Gasteiger partial charge in [0.15, 0.2) is 11.5 Å². The van der Waals surface area contributed by atoms with Crippen molar-refractivity contribution in [2.24, 2.45) is 0 Å². The summed E-state index contributed by atoms with van der Waals surface area (Å²) >= 11 is 0. The molecule has 28 heavy (non-hydrogen) atoms. The van der Waals surface area contributed by atoms with Crippen molar-refractivity contribution < 1.29 is 33.3 Å². The Morgan fingerprint density at radius 3 is 2.57 bits per heavy atom. The summed E-state index contributed by atoms with van der Waals surface area (Å²) in [7, 11) is 3.05. The minimum Gasteiger partial charge on any atom is -0.493 e. The lowest BCUT2D eigenvalue weighted by Gasteiger charge is -2.20. The Balaban J connectivity index is 2.03. The predicted octanol–water partition coefficient (Wildman–Crippen LogP) is 1.39. The highest BCUT2D eigenvalue weighted by atomic mass is 16.5. The van der Waals surface area contributed by atoms with E-state index in [-0.39, 0.29) is 31.0 Å². The molecule has 9 heteroatoms. The van der Waals surface area contributed by atoms with Gasteiger partial charge in [-0.05, 0) is 30.7 Å². The van der Waals surface area contributed by atoms with Gasteiger partial charge >= 0.3 is 18.0 Å². The first-order chi connectivity index (χ1) is 13.5. The standard InChI is InChI=1S/C19H22N2O7/c1-4-27-18(23)13-10-20-19(24)21-14(13)11-28-17(22)8-6-12-5-7-15(25-2)16(9-12)26-3/h5-9H,4,10-11H2,1-3H3,(H2,20,21,24)/b8-6+. The molecule has 2 rings (SSSR count). The van der Waals surface area contributed by atoms with Gasteiger partial charge in [0.25, 0.3) is 0 Å². The second-order valence-corrected chi connectivity index (χ2v) is 5.54. The van der Waals surface area contributed by atoms with E-state index < -0.39 is 18.0 Å². The summed E-state index contributed by atoms with van der Waals surface area (Å²) in [6.45, 7) is 1.60. The number of amides is 2. The number of urea groups is 1. The number of rotatable bonds is 8. The Morgan fingerprint density at radius 1 is 1.14 bits per heavy atom. The van der Waals surface area contributed by atoms with Gasteiger partial charge in [0.05, 0.1) is 38.6 Å². The number of benzene rings is 1. The average molecular weight is 390 g/mol. The molecule has 0 bridgehead atoms. The van der Waals surface area contributed by atoms with Crippen molar-refractivity contribution in [1.82, 2.24) is 10.6 Å². The van der Waals surface area contributed by atoms with E-state index in [9.17, 15) is 14.4 Å². The first-order valence-electron chi connectivity index (χ1n) is 8.49. The normalized spacial score (nSPS) is 13.6. The number of methoxy groups -OCH3 is 2. The van der Waals surface area contributed by atoms with Crippen LogP contribution in [0.3, 0.4) is 0 Å². The summed E-state index contributed by atoms with van der Waals surface area (Å²) < 4.78 is 20.4. The van der Waals surface area contributed by atoms with Crippen LogP contribution >= 0.6 is 0 Å². The molecular weight excluding hydrogens is 368 g/mol. The van der Waals surface area contributed by atoms with Crippen molar-refractivity contribution >= 4 is 24.0 Å². The number of nitrogens with one attached hydrogen (secondary N) is 2. The largest absolute Gasteiger partial charge is 0.493 e. The van der Waals surface area contributed by atoms with Crippen LogP contribution in [0.25, 0.3) is 6.08 Å². The van der Waals surface area contributed by atoms with Gasteiger partial charge in [-0.25, -0.2) is 14.4 Å². The molecule has 2 amide bonds. The number of esters is 2. The molecule has 0 atom stereocenters. The number of hydrogen-bond donors (Lipinski definition) is 2. The molecule has 1 aromatic carbocycles. The Kier molecular flexibility index (Phi) is 7.44. The third kappa shape index (κ3) is 5.50. The van der Waals surface area contributed by atoms with Gasteiger partial charge in [-0.15, -0.1) is 0 Å². The molecule has 0 fully saturated rings. The van der Waals surface area contributed by atoms with Crippen LogP contribution in [0.1, 0.15) is 12.5 Å². The van der Waals surface area contributed by atoms with Crippen molar-refractivity contribution in [3.8, 4) is 11.5 Å². The summed E-state index contributed by atoms with van der Waals surface area (Å²) in [5, 5.41) is 4.93. The summed E-state index contributed by atoms with van der Waals surface area (Å²) in [5.41, 5.74) is 1.10. The van der Waals surface area contributed by atoms with Gasteiger partial charge in [0.2, 0.25) is 0 Å². The van der Waals surface area contributed by atoms with Gasteiger partial charge in [-0.3, -0.25) is 0 Å². The van der Waals surface area contributed by atoms with Gasteiger partial charge in [-0.1, -0.05) is 6.07 Å². The van der Waals surface area contributed by atoms with Crippen LogP contribution in [0, 0.1) is 0 Å². The molecule has 0 aliphatic carbocycles. The zero-order valence-electron chi connectivity index (χ0n) is 15.9. The summed E-state index contributed by atoms with van der Waals surface area (Å²) in [4.78, 5) is 35.4. The Morgan fingerprint density at radius 2 is 1.89 bits per heavy atom. The highest BCUT2D eigenvalue weighted by Crippen LogP contribution is 2.27. The number of hydrogen-bond acceptors (Lipinski definition) is 7. The molecule has 9 nitrogen and oxygen atoms in total. The van der Waals surface area contributed by atoms with Crippen molar-refractivity contribution in [3.63, 3.8) is 0 Å². The van der Waals surface area contributed by atoms with Crippen molar-refractivity contribution in [1.29, 1.82) is 0 Å². The van der Waals surface area contributed by atoms with Crippen LogP contribution in [0.2, 0.25) is 0 Å². The SMILES string of the molecule is CCOC(=O)C1=C(COC(=O)/C=C/c2ccc(OC)c(OC)c2)NC(=O)NC1. The quantitative estimate of drug-likeness (QED) is 0.509. The smallest absolute Gasteiger partial charge is 0.337 e. The third-order valence-corrected chi connectivity index (χ3v) is 3.75. The molecule has 1 aromatic rings.